The van der Waals surface area contributed by atoms with Crippen molar-refractivity contribution < 1.29 is 21.6 Å². The summed E-state index contributed by atoms with van der Waals surface area (Å²) in [5.74, 6) is -0.357. The molecule has 0 radical (unpaired) electrons. The van der Waals surface area contributed by atoms with Gasteiger partial charge in [0.1, 0.15) is 0 Å². The monoisotopic (exact) mass is 448 g/mol. The molecule has 0 bridgehead atoms. The van der Waals surface area contributed by atoms with Crippen LogP contribution in [0.2, 0.25) is 0 Å². The topological polar surface area (TPSA) is 77.5 Å². The Bertz CT molecular complexity index is 1060. The molecule has 0 aromatic heterocycles. The first-order chi connectivity index (χ1) is 14.0. The van der Waals surface area contributed by atoms with E-state index in [0.29, 0.717) is 0 Å². The highest BCUT2D eigenvalue weighted by molar-refractivity contribution is 8.10. The van der Waals surface area contributed by atoms with Crippen LogP contribution in [0, 0.1) is 5.92 Å². The van der Waals surface area contributed by atoms with Gasteiger partial charge in [0.25, 0.3) is 0 Å². The lowest BCUT2D eigenvalue weighted by Gasteiger charge is -2.33. The first-order valence-electron chi connectivity index (χ1n) is 9.83. The Morgan fingerprint density at radius 2 is 1.33 bits per heavy atom. The number of methoxy groups -OCH3 is 1. The van der Waals surface area contributed by atoms with E-state index in [1.165, 1.54) is 24.3 Å². The summed E-state index contributed by atoms with van der Waals surface area (Å²) in [6.45, 7) is 5.54. The fourth-order valence-electron chi connectivity index (χ4n) is 4.27. The molecule has 0 heterocycles. The summed E-state index contributed by atoms with van der Waals surface area (Å²) in [6, 6.07) is 15.7. The molecule has 1 atom stereocenters. The molecular weight excluding hydrogens is 420 g/mol. The smallest absolute Gasteiger partial charge is 0.199 e. The van der Waals surface area contributed by atoms with Gasteiger partial charge in [0.15, 0.2) is 23.8 Å². The van der Waals surface area contributed by atoms with Crippen LogP contribution in [-0.2, 0) is 24.4 Å². The van der Waals surface area contributed by atoms with Gasteiger partial charge in [-0.3, -0.25) is 0 Å². The summed E-state index contributed by atoms with van der Waals surface area (Å²) in [5.41, 5.74) is 0.0583. The maximum Gasteiger partial charge on any atom is 0.199 e. The second-order valence-corrected chi connectivity index (χ2v) is 12.9. The van der Waals surface area contributed by atoms with Crippen molar-refractivity contribution >= 4 is 19.7 Å². The van der Waals surface area contributed by atoms with E-state index in [1.807, 2.05) is 26.8 Å². The van der Waals surface area contributed by atoms with Crippen LogP contribution in [0.3, 0.4) is 0 Å². The average Bonchev–Trinajstić information content (AvgIpc) is 3.18. The summed E-state index contributed by atoms with van der Waals surface area (Å²) >= 11 is 0. The lowest BCUT2D eigenvalue weighted by atomic mass is 9.86. The fourth-order valence-corrected chi connectivity index (χ4v) is 9.38. The standard InChI is InChI=1S/C23H28O5S2/c1-5-18-16-23(17-21(18)22(2,3)28-4,29(24,25)19-12-8-6-9-13-19)30(26,27)20-14-10-7-11-15-20/h5-15,21H,16-17H2,1-4H3/b18-5-/t21-/m1/s1. The Balaban J connectivity index is 2.32. The van der Waals surface area contributed by atoms with Gasteiger partial charge in [-0.1, -0.05) is 48.0 Å². The molecule has 1 fully saturated rings. The summed E-state index contributed by atoms with van der Waals surface area (Å²) in [7, 11) is -6.91. The second-order valence-electron chi connectivity index (χ2n) is 8.15. The van der Waals surface area contributed by atoms with Crippen molar-refractivity contribution in [2.75, 3.05) is 7.11 Å². The third kappa shape index (κ3) is 3.43. The Morgan fingerprint density at radius 3 is 1.70 bits per heavy atom. The Hall–Kier alpha value is -1.96. The number of hydrogen-bond donors (Lipinski definition) is 0. The molecule has 0 spiro atoms. The van der Waals surface area contributed by atoms with E-state index in [9.17, 15) is 16.8 Å². The van der Waals surface area contributed by atoms with Crippen LogP contribution in [0.15, 0.2) is 82.1 Å². The van der Waals surface area contributed by atoms with Crippen LogP contribution in [0.5, 0.6) is 0 Å². The summed E-state index contributed by atoms with van der Waals surface area (Å²) in [4.78, 5) is 0.0201. The molecule has 5 nitrogen and oxygen atoms in total. The lowest BCUT2D eigenvalue weighted by molar-refractivity contribution is -0.0141. The Kier molecular flexibility index (Phi) is 6.02. The minimum absolute atomic E-state index is 0.0100. The van der Waals surface area contributed by atoms with Gasteiger partial charge in [0.05, 0.1) is 15.4 Å². The van der Waals surface area contributed by atoms with Crippen molar-refractivity contribution in [2.45, 2.75) is 53.1 Å². The number of hydrogen-bond acceptors (Lipinski definition) is 5. The van der Waals surface area contributed by atoms with Crippen molar-refractivity contribution in [1.82, 2.24) is 0 Å². The normalized spacial score (nSPS) is 21.1. The summed E-state index contributed by atoms with van der Waals surface area (Å²) in [5, 5.41) is 0. The molecule has 1 saturated carbocycles. The van der Waals surface area contributed by atoms with Gasteiger partial charge < -0.3 is 4.74 Å². The van der Waals surface area contributed by atoms with E-state index < -0.39 is 29.4 Å². The van der Waals surface area contributed by atoms with Crippen LogP contribution in [-0.4, -0.2) is 33.6 Å². The molecule has 0 amide bonds. The maximum absolute atomic E-state index is 14.0. The minimum atomic E-state index is -4.23. The maximum atomic E-state index is 14.0. The van der Waals surface area contributed by atoms with E-state index in [4.69, 9.17) is 4.74 Å². The first kappa shape index (κ1) is 22.7. The van der Waals surface area contributed by atoms with Crippen molar-refractivity contribution in [3.8, 4) is 0 Å². The predicted octanol–water partition coefficient (Wildman–Crippen LogP) is 4.41. The molecule has 0 saturated heterocycles. The average molecular weight is 449 g/mol. The van der Waals surface area contributed by atoms with Gasteiger partial charge in [-0.05, 0) is 51.5 Å². The Labute approximate surface area is 179 Å². The molecule has 1 aliphatic carbocycles. The van der Waals surface area contributed by atoms with E-state index in [1.54, 1.807) is 43.5 Å². The fraction of sp³-hybridized carbons (Fsp3) is 0.391. The molecule has 0 unspecified atom stereocenters. The van der Waals surface area contributed by atoms with Gasteiger partial charge in [0.2, 0.25) is 0 Å². The summed E-state index contributed by atoms with van der Waals surface area (Å²) in [6.07, 6.45) is 1.67. The van der Waals surface area contributed by atoms with Gasteiger partial charge in [-0.2, -0.15) is 0 Å². The van der Waals surface area contributed by atoms with Crippen LogP contribution < -0.4 is 0 Å². The zero-order valence-corrected chi connectivity index (χ0v) is 19.3. The molecule has 0 N–H and O–H groups in total. The molecule has 2 aromatic rings. The van der Waals surface area contributed by atoms with E-state index in [0.717, 1.165) is 5.57 Å². The number of sulfone groups is 2. The largest absolute Gasteiger partial charge is 0.378 e. The lowest BCUT2D eigenvalue weighted by Crippen LogP contribution is -2.45. The van der Waals surface area contributed by atoms with E-state index in [2.05, 4.69) is 0 Å². The number of rotatable bonds is 6. The number of allylic oxidation sites excluding steroid dienone is 1. The molecule has 0 aliphatic heterocycles. The van der Waals surface area contributed by atoms with Crippen molar-refractivity contribution in [2.24, 2.45) is 5.92 Å². The number of benzene rings is 2. The van der Waals surface area contributed by atoms with E-state index >= 15 is 0 Å². The van der Waals surface area contributed by atoms with Gasteiger partial charge >= 0.3 is 0 Å². The molecule has 162 valence electrons. The van der Waals surface area contributed by atoms with Crippen LogP contribution in [0.25, 0.3) is 0 Å². The van der Waals surface area contributed by atoms with Crippen LogP contribution >= 0.6 is 0 Å². The summed E-state index contributed by atoms with van der Waals surface area (Å²) < 4.78 is 59.5. The third-order valence-electron chi connectivity index (χ3n) is 6.26. The van der Waals surface area contributed by atoms with Gasteiger partial charge in [-0.25, -0.2) is 16.8 Å². The quantitative estimate of drug-likeness (QED) is 0.612. The zero-order chi connectivity index (χ0) is 22.2. The van der Waals surface area contributed by atoms with Crippen molar-refractivity contribution in [1.29, 1.82) is 0 Å². The molecular formula is C23H28O5S2. The minimum Gasteiger partial charge on any atom is -0.378 e. The highest BCUT2D eigenvalue weighted by Crippen LogP contribution is 2.54. The number of ether oxygens (including phenoxy) is 1. The van der Waals surface area contributed by atoms with E-state index in [-0.39, 0.29) is 28.6 Å². The molecule has 1 aliphatic rings. The molecule has 30 heavy (non-hydrogen) atoms. The SMILES string of the molecule is C/C=C1/CC(S(=O)(=O)c2ccccc2)(S(=O)(=O)c2ccccc2)C[C@H]1C(C)(C)OC. The zero-order valence-electron chi connectivity index (χ0n) is 17.7. The van der Waals surface area contributed by atoms with Gasteiger partial charge in [-0.15, -0.1) is 0 Å². The van der Waals surface area contributed by atoms with Crippen molar-refractivity contribution in [3.63, 3.8) is 0 Å². The highest BCUT2D eigenvalue weighted by Gasteiger charge is 2.63. The van der Waals surface area contributed by atoms with Crippen molar-refractivity contribution in [3.05, 3.63) is 72.3 Å². The van der Waals surface area contributed by atoms with Crippen LogP contribution in [0.1, 0.15) is 33.6 Å². The third-order valence-corrected chi connectivity index (χ3v) is 11.9. The highest BCUT2D eigenvalue weighted by atomic mass is 32.3. The molecule has 7 heteroatoms. The second kappa shape index (κ2) is 7.94. The molecule has 2 aromatic carbocycles. The van der Waals surface area contributed by atoms with Crippen LogP contribution in [0.4, 0.5) is 0 Å². The Morgan fingerprint density at radius 1 is 0.900 bits per heavy atom. The molecule has 3 rings (SSSR count). The van der Waals surface area contributed by atoms with Gasteiger partial charge in [0, 0.05) is 19.4 Å². The predicted molar refractivity (Wildman–Crippen MR) is 118 cm³/mol. The first-order valence-corrected chi connectivity index (χ1v) is 12.8.